The van der Waals surface area contributed by atoms with E-state index in [0.717, 1.165) is 84.7 Å². The molecule has 0 aliphatic carbocycles. The zero-order chi connectivity index (χ0) is 49.2. The fourth-order valence-electron chi connectivity index (χ4n) is 9.77. The molecule has 0 amide bonds. The Morgan fingerprint density at radius 3 is 1.83 bits per heavy atom. The second-order valence-corrected chi connectivity index (χ2v) is 22.9. The van der Waals surface area contributed by atoms with E-state index in [4.69, 9.17) is 9.97 Å². The van der Waals surface area contributed by atoms with Gasteiger partial charge in [-0.3, -0.25) is 9.55 Å². The number of aromatic hydroxyl groups is 1. The molecular weight excluding hydrogens is 1030 g/mol. The van der Waals surface area contributed by atoms with Crippen molar-refractivity contribution in [3.63, 3.8) is 0 Å². The van der Waals surface area contributed by atoms with Crippen LogP contribution in [0, 0.1) is 6.07 Å². The van der Waals surface area contributed by atoms with Gasteiger partial charge in [0.25, 0.3) is 0 Å². The first kappa shape index (κ1) is 50.3. The molecule has 7 aromatic carbocycles. The average molecular weight is 1100 g/mol. The summed E-state index contributed by atoms with van der Waals surface area (Å²) in [5.41, 5.74) is 17.3. The van der Waals surface area contributed by atoms with Crippen molar-refractivity contribution in [2.45, 2.75) is 125 Å². The third-order valence-corrected chi connectivity index (χ3v) is 13.8. The summed E-state index contributed by atoms with van der Waals surface area (Å²) in [7, 11) is 0. The summed E-state index contributed by atoms with van der Waals surface area (Å²) in [6.07, 6.45) is 2.63. The normalized spacial score (nSPS) is 12.3. The molecule has 0 aliphatic rings. The van der Waals surface area contributed by atoms with Crippen LogP contribution >= 0.6 is 0 Å². The van der Waals surface area contributed by atoms with Crippen LogP contribution in [-0.4, -0.2) is 19.6 Å². The molecule has 0 saturated heterocycles. The van der Waals surface area contributed by atoms with Crippen LogP contribution in [-0.2, 0) is 43.7 Å². The molecule has 0 radical (unpaired) electrons. The summed E-state index contributed by atoms with van der Waals surface area (Å²) < 4.78 is 2.38. The first-order valence-corrected chi connectivity index (χ1v) is 24.8. The fraction of sp³-hybridized carbons (Fsp3) is 0.292. The molecule has 4 nitrogen and oxygen atoms in total. The van der Waals surface area contributed by atoms with Gasteiger partial charge in [0.1, 0.15) is 11.6 Å². The SMILES string of the molecule is CC(C)c1cc(C(C)(C)C)cc(C(C)C)c1-n1c(-c2cc(C(C)(C)C)cc(C(C)(C)C)c2O)nc2c(-c3[c-]c(-c4cc(-c5ccccc5)ccn4)cc(Cc4ccc5ccccc5c4)c3)cccc21.[Pt]. The summed E-state index contributed by atoms with van der Waals surface area (Å²) in [5.74, 6) is 1.40. The minimum absolute atomic E-state index is 0. The van der Waals surface area contributed by atoms with Crippen LogP contribution in [0.3, 0.4) is 0 Å². The molecule has 360 valence electrons. The van der Waals surface area contributed by atoms with Gasteiger partial charge in [0.2, 0.25) is 0 Å². The molecule has 1 N–H and O–H groups in total. The van der Waals surface area contributed by atoms with Gasteiger partial charge < -0.3 is 5.11 Å². The number of benzene rings is 7. The van der Waals surface area contributed by atoms with Crippen LogP contribution in [0.2, 0.25) is 0 Å². The molecular formula is C65H68N3OPt-. The molecule has 5 heteroatoms. The third kappa shape index (κ3) is 9.95. The Bertz CT molecular complexity index is 3340. The summed E-state index contributed by atoms with van der Waals surface area (Å²) in [4.78, 5) is 10.8. The van der Waals surface area contributed by atoms with Crippen LogP contribution < -0.4 is 0 Å². The number of rotatable bonds is 9. The molecule has 0 fully saturated rings. The third-order valence-electron chi connectivity index (χ3n) is 13.8. The number of pyridine rings is 1. The van der Waals surface area contributed by atoms with E-state index in [1.165, 1.54) is 33.0 Å². The van der Waals surface area contributed by atoms with Crippen molar-refractivity contribution in [2.24, 2.45) is 0 Å². The zero-order valence-corrected chi connectivity index (χ0v) is 45.6. The molecule has 70 heavy (non-hydrogen) atoms. The second-order valence-electron chi connectivity index (χ2n) is 22.9. The number of aromatic nitrogens is 3. The summed E-state index contributed by atoms with van der Waals surface area (Å²) in [6.45, 7) is 29.4. The molecule has 0 bridgehead atoms. The predicted molar refractivity (Wildman–Crippen MR) is 292 cm³/mol. The number of phenols is 1. The van der Waals surface area contributed by atoms with Crippen molar-refractivity contribution in [3.05, 3.63) is 191 Å². The number of phenolic OH excluding ortho intramolecular Hbond substituents is 1. The standard InChI is InChI=1S/C65H68N3O.Pt/c1-40(2)53-36-50(63(5,6)7)37-54(41(3)4)60(53)68-58-25-19-24-52(59(58)67-62(68)55-38-51(64(8,9)10)39-56(61(55)69)65(11,12)13)48-32-43(30-42-26-27-45-22-17-18-23-46(45)31-42)33-49(34-48)57-35-47(28-29-66-57)44-20-15-14-16-21-44;/h14-29,31-33,35-41,69H,30H2,1-13H3;/q-1;. The van der Waals surface area contributed by atoms with Gasteiger partial charge in [-0.2, -0.15) is 0 Å². The maximum absolute atomic E-state index is 12.7. The van der Waals surface area contributed by atoms with Gasteiger partial charge in [0.15, 0.2) is 0 Å². The average Bonchev–Trinajstić information content (AvgIpc) is 3.69. The summed E-state index contributed by atoms with van der Waals surface area (Å²) in [5, 5.41) is 15.2. The molecule has 0 aliphatic heterocycles. The van der Waals surface area contributed by atoms with E-state index in [2.05, 4.69) is 240 Å². The van der Waals surface area contributed by atoms with Gasteiger partial charge in [0.05, 0.1) is 22.3 Å². The number of fused-ring (bicyclic) bond motifs is 2. The molecule has 0 atom stereocenters. The van der Waals surface area contributed by atoms with Gasteiger partial charge in [-0.1, -0.05) is 210 Å². The molecule has 9 rings (SSSR count). The van der Waals surface area contributed by atoms with Gasteiger partial charge in [-0.25, -0.2) is 4.98 Å². The first-order valence-electron chi connectivity index (χ1n) is 24.8. The van der Waals surface area contributed by atoms with E-state index in [1.54, 1.807) is 0 Å². The maximum Gasteiger partial charge on any atom is 0.148 e. The Balaban J connectivity index is 0.00000659. The maximum atomic E-state index is 12.7. The Labute approximate surface area is 431 Å². The van der Waals surface area contributed by atoms with Crippen LogP contribution in [0.25, 0.3) is 72.4 Å². The number of imidazole rings is 1. The Kier molecular flexibility index (Phi) is 13.8. The van der Waals surface area contributed by atoms with E-state index in [-0.39, 0.29) is 54.9 Å². The van der Waals surface area contributed by atoms with E-state index < -0.39 is 0 Å². The van der Waals surface area contributed by atoms with Crippen LogP contribution in [0.15, 0.2) is 146 Å². The van der Waals surface area contributed by atoms with Crippen LogP contribution in [0.1, 0.15) is 141 Å². The minimum atomic E-state index is -0.328. The number of nitrogens with zero attached hydrogens (tertiary/aromatic N) is 3. The topological polar surface area (TPSA) is 50.9 Å². The van der Waals surface area contributed by atoms with Crippen molar-refractivity contribution in [3.8, 4) is 56.3 Å². The number of hydrogen-bond donors (Lipinski definition) is 1. The fourth-order valence-corrected chi connectivity index (χ4v) is 9.77. The van der Waals surface area contributed by atoms with Gasteiger partial charge in [-0.15, -0.1) is 29.3 Å². The molecule has 0 saturated carbocycles. The molecule has 0 unspecified atom stereocenters. The molecule has 9 aromatic rings. The largest absolute Gasteiger partial charge is 0.507 e. The van der Waals surface area contributed by atoms with E-state index >= 15 is 0 Å². The Morgan fingerprint density at radius 1 is 0.557 bits per heavy atom. The quantitative estimate of drug-likeness (QED) is 0.147. The second kappa shape index (κ2) is 19.3. The monoisotopic (exact) mass is 1100 g/mol. The summed E-state index contributed by atoms with van der Waals surface area (Å²) in [6, 6.07) is 54.3. The van der Waals surface area contributed by atoms with Crippen molar-refractivity contribution >= 4 is 21.8 Å². The Morgan fingerprint density at radius 2 is 1.19 bits per heavy atom. The minimum Gasteiger partial charge on any atom is -0.507 e. The molecule has 0 spiro atoms. The van der Waals surface area contributed by atoms with Gasteiger partial charge >= 0.3 is 0 Å². The molecule has 2 heterocycles. The number of hydrogen-bond acceptors (Lipinski definition) is 3. The van der Waals surface area contributed by atoms with Crippen LogP contribution in [0.5, 0.6) is 5.75 Å². The molecule has 2 aromatic heterocycles. The van der Waals surface area contributed by atoms with Gasteiger partial charge in [0, 0.05) is 38.5 Å². The van der Waals surface area contributed by atoms with Crippen molar-refractivity contribution < 1.29 is 26.2 Å². The van der Waals surface area contributed by atoms with Crippen LogP contribution in [0.4, 0.5) is 0 Å². The van der Waals surface area contributed by atoms with E-state index in [1.807, 2.05) is 6.20 Å². The van der Waals surface area contributed by atoms with Gasteiger partial charge in [-0.05, 0) is 102 Å². The summed E-state index contributed by atoms with van der Waals surface area (Å²) >= 11 is 0. The van der Waals surface area contributed by atoms with Crippen molar-refractivity contribution in [1.29, 1.82) is 0 Å². The van der Waals surface area contributed by atoms with E-state index in [9.17, 15) is 5.11 Å². The number of para-hydroxylation sites is 1. The first-order chi connectivity index (χ1) is 32.7. The smallest absolute Gasteiger partial charge is 0.148 e. The van der Waals surface area contributed by atoms with E-state index in [0.29, 0.717) is 0 Å². The van der Waals surface area contributed by atoms with Crippen molar-refractivity contribution in [2.75, 3.05) is 0 Å². The predicted octanol–water partition coefficient (Wildman–Crippen LogP) is 17.5. The zero-order valence-electron chi connectivity index (χ0n) is 43.3. The van der Waals surface area contributed by atoms with Crippen molar-refractivity contribution in [1.82, 2.24) is 14.5 Å². The Hall–Kier alpha value is -6.09.